The van der Waals surface area contributed by atoms with E-state index in [0.717, 1.165) is 0 Å². The molecule has 194 valence electrons. The molecule has 0 unspecified atom stereocenters. The molecule has 0 aliphatic carbocycles. The van der Waals surface area contributed by atoms with Gasteiger partial charge in [-0.1, -0.05) is 28.1 Å². The van der Waals surface area contributed by atoms with E-state index in [4.69, 9.17) is 0 Å². The summed E-state index contributed by atoms with van der Waals surface area (Å²) in [6.07, 6.45) is -4.11. The average Bonchev–Trinajstić information content (AvgIpc) is 3.10. The SMILES string of the molecule is Cc1c2cccc(Nc3nc(Nc4ccc(NC(=O)CBr)cc4)ncc3C(F)(F)F)c2c(O)n1CCF. The van der Waals surface area contributed by atoms with Crippen molar-refractivity contribution >= 4 is 61.4 Å². The minimum atomic E-state index is -4.76. The van der Waals surface area contributed by atoms with E-state index in [0.29, 0.717) is 28.7 Å². The van der Waals surface area contributed by atoms with E-state index < -0.39 is 24.2 Å². The van der Waals surface area contributed by atoms with Crippen molar-refractivity contribution in [2.45, 2.75) is 19.6 Å². The van der Waals surface area contributed by atoms with Gasteiger partial charge in [0.1, 0.15) is 18.1 Å². The van der Waals surface area contributed by atoms with Crippen molar-refractivity contribution in [1.29, 1.82) is 0 Å². The maximum atomic E-state index is 13.8. The topological polar surface area (TPSA) is 104 Å². The molecular formula is C24H21BrF4N6O2. The Morgan fingerprint density at radius 2 is 1.81 bits per heavy atom. The van der Waals surface area contributed by atoms with Crippen LogP contribution in [0.2, 0.25) is 0 Å². The van der Waals surface area contributed by atoms with Crippen molar-refractivity contribution in [2.24, 2.45) is 0 Å². The minimum absolute atomic E-state index is 0.0975. The molecule has 0 saturated carbocycles. The van der Waals surface area contributed by atoms with Gasteiger partial charge in [-0.3, -0.25) is 4.79 Å². The number of aromatic nitrogens is 3. The van der Waals surface area contributed by atoms with Crippen LogP contribution >= 0.6 is 15.9 Å². The quantitative estimate of drug-likeness (QED) is 0.145. The summed E-state index contributed by atoms with van der Waals surface area (Å²) in [5.41, 5.74) is 0.639. The number of nitrogens with zero attached hydrogens (tertiary/aromatic N) is 3. The Balaban J connectivity index is 1.69. The highest BCUT2D eigenvalue weighted by Gasteiger charge is 2.35. The molecule has 2 heterocycles. The lowest BCUT2D eigenvalue weighted by Crippen LogP contribution is -2.13. The van der Waals surface area contributed by atoms with Crippen molar-refractivity contribution in [3.8, 4) is 5.88 Å². The fourth-order valence-electron chi connectivity index (χ4n) is 3.83. The average molecular weight is 581 g/mol. The first-order chi connectivity index (χ1) is 17.6. The first-order valence-corrected chi connectivity index (χ1v) is 12.1. The number of hydrogen-bond acceptors (Lipinski definition) is 6. The Kier molecular flexibility index (Phi) is 7.52. The van der Waals surface area contributed by atoms with E-state index in [1.54, 1.807) is 43.3 Å². The van der Waals surface area contributed by atoms with Gasteiger partial charge in [0.2, 0.25) is 17.7 Å². The lowest BCUT2D eigenvalue weighted by molar-refractivity contribution is -0.137. The van der Waals surface area contributed by atoms with Crippen LogP contribution in [0.3, 0.4) is 0 Å². The second kappa shape index (κ2) is 10.6. The Labute approximate surface area is 216 Å². The molecule has 0 bridgehead atoms. The van der Waals surface area contributed by atoms with E-state index in [-0.39, 0.29) is 40.7 Å². The van der Waals surface area contributed by atoms with Gasteiger partial charge in [-0.15, -0.1) is 0 Å². The Morgan fingerprint density at radius 3 is 2.46 bits per heavy atom. The molecule has 0 aliphatic heterocycles. The first kappa shape index (κ1) is 26.2. The monoisotopic (exact) mass is 580 g/mol. The number of aromatic hydroxyl groups is 1. The zero-order chi connectivity index (χ0) is 26.7. The summed E-state index contributed by atoms with van der Waals surface area (Å²) < 4.78 is 55.7. The highest BCUT2D eigenvalue weighted by molar-refractivity contribution is 9.09. The van der Waals surface area contributed by atoms with Crippen molar-refractivity contribution in [3.63, 3.8) is 0 Å². The molecular weight excluding hydrogens is 560 g/mol. The molecule has 0 atom stereocenters. The van der Waals surface area contributed by atoms with Crippen molar-refractivity contribution in [1.82, 2.24) is 14.5 Å². The second-order valence-electron chi connectivity index (χ2n) is 7.94. The maximum Gasteiger partial charge on any atom is 0.421 e. The molecule has 0 saturated heterocycles. The lowest BCUT2D eigenvalue weighted by atomic mass is 10.1. The van der Waals surface area contributed by atoms with Crippen molar-refractivity contribution in [2.75, 3.05) is 28.0 Å². The number of benzene rings is 2. The van der Waals surface area contributed by atoms with Crippen molar-refractivity contribution in [3.05, 3.63) is 59.9 Å². The molecule has 0 fully saturated rings. The van der Waals surface area contributed by atoms with Gasteiger partial charge in [0.05, 0.1) is 22.9 Å². The van der Waals surface area contributed by atoms with Gasteiger partial charge in [0, 0.05) is 28.7 Å². The largest absolute Gasteiger partial charge is 0.494 e. The molecule has 8 nitrogen and oxygen atoms in total. The van der Waals surface area contributed by atoms with Gasteiger partial charge < -0.3 is 25.6 Å². The summed E-state index contributed by atoms with van der Waals surface area (Å²) in [5.74, 6) is -1.15. The van der Waals surface area contributed by atoms with Crippen LogP contribution in [0.25, 0.3) is 10.8 Å². The number of fused-ring (bicyclic) bond motifs is 1. The summed E-state index contributed by atoms with van der Waals surface area (Å²) in [5, 5.41) is 19.8. The third-order valence-electron chi connectivity index (χ3n) is 5.54. The van der Waals surface area contributed by atoms with E-state index in [1.807, 2.05) is 0 Å². The van der Waals surface area contributed by atoms with E-state index in [2.05, 4.69) is 41.8 Å². The molecule has 4 rings (SSSR count). The molecule has 4 aromatic rings. The highest BCUT2D eigenvalue weighted by atomic mass is 79.9. The number of nitrogens with one attached hydrogen (secondary N) is 3. The van der Waals surface area contributed by atoms with Crippen LogP contribution < -0.4 is 16.0 Å². The summed E-state index contributed by atoms with van der Waals surface area (Å²) in [7, 11) is 0. The van der Waals surface area contributed by atoms with Crippen LogP contribution in [0, 0.1) is 6.92 Å². The molecule has 13 heteroatoms. The highest BCUT2D eigenvalue weighted by Crippen LogP contribution is 2.40. The minimum Gasteiger partial charge on any atom is -0.494 e. The number of halogens is 5. The van der Waals surface area contributed by atoms with E-state index >= 15 is 0 Å². The molecule has 2 aromatic carbocycles. The zero-order valence-electron chi connectivity index (χ0n) is 19.3. The standard InChI is InChI=1S/C24H21BrF4N6O2/c1-13-16-3-2-4-18(20(16)22(37)35(13)10-9-26)33-21-17(24(27,28)29)12-30-23(34-21)32-15-7-5-14(6-8-15)31-19(36)11-25/h2-8,12,37H,9-11H2,1H3,(H,31,36)(H2,30,32,33,34). The van der Waals surface area contributed by atoms with Crippen LogP contribution in [0.5, 0.6) is 5.88 Å². The first-order valence-electron chi connectivity index (χ1n) is 10.9. The van der Waals surface area contributed by atoms with Gasteiger partial charge in [0.15, 0.2) is 0 Å². The molecule has 0 spiro atoms. The van der Waals surface area contributed by atoms with Gasteiger partial charge in [-0.05, 0) is 37.3 Å². The number of carbonyl (C=O) groups excluding carboxylic acids is 1. The third-order valence-corrected chi connectivity index (χ3v) is 6.05. The number of alkyl halides is 5. The lowest BCUT2D eigenvalue weighted by Gasteiger charge is -2.16. The molecule has 0 radical (unpaired) electrons. The summed E-state index contributed by atoms with van der Waals surface area (Å²) in [6.45, 7) is 0.868. The summed E-state index contributed by atoms with van der Waals surface area (Å²) in [4.78, 5) is 19.3. The summed E-state index contributed by atoms with van der Waals surface area (Å²) >= 11 is 3.05. The molecule has 1 amide bonds. The predicted molar refractivity (Wildman–Crippen MR) is 137 cm³/mol. The second-order valence-corrected chi connectivity index (χ2v) is 8.50. The Morgan fingerprint density at radius 1 is 1.11 bits per heavy atom. The molecule has 2 aromatic heterocycles. The van der Waals surface area contributed by atoms with Crippen LogP contribution in [0.4, 0.5) is 46.4 Å². The number of rotatable bonds is 8. The Hall–Kier alpha value is -3.87. The number of anilines is 5. The summed E-state index contributed by atoms with van der Waals surface area (Å²) in [6, 6.07) is 11.2. The smallest absolute Gasteiger partial charge is 0.421 e. The zero-order valence-corrected chi connectivity index (χ0v) is 20.9. The van der Waals surface area contributed by atoms with Crippen LogP contribution in [-0.4, -0.2) is 37.6 Å². The number of aryl methyl sites for hydroxylation is 1. The fourth-order valence-corrected chi connectivity index (χ4v) is 3.97. The third kappa shape index (κ3) is 5.61. The molecule has 37 heavy (non-hydrogen) atoms. The fraction of sp³-hybridized carbons (Fsp3) is 0.208. The van der Waals surface area contributed by atoms with Gasteiger partial charge in [0.25, 0.3) is 0 Å². The van der Waals surface area contributed by atoms with Crippen LogP contribution in [0.1, 0.15) is 11.3 Å². The van der Waals surface area contributed by atoms with Gasteiger partial charge in [-0.2, -0.15) is 18.2 Å². The molecule has 0 aliphatic rings. The van der Waals surface area contributed by atoms with Crippen LogP contribution in [0.15, 0.2) is 48.7 Å². The Bertz CT molecular complexity index is 1440. The normalized spacial score (nSPS) is 11.5. The van der Waals surface area contributed by atoms with Crippen molar-refractivity contribution < 1.29 is 27.5 Å². The number of hydrogen-bond donors (Lipinski definition) is 4. The number of amides is 1. The molecule has 4 N–H and O–H groups in total. The maximum absolute atomic E-state index is 13.8. The van der Waals surface area contributed by atoms with E-state index in [1.165, 1.54) is 10.6 Å². The van der Waals surface area contributed by atoms with Crippen LogP contribution in [-0.2, 0) is 17.5 Å². The number of carbonyl (C=O) groups is 1. The van der Waals surface area contributed by atoms with Gasteiger partial charge >= 0.3 is 6.18 Å². The predicted octanol–water partition coefficient (Wildman–Crippen LogP) is 6.25. The van der Waals surface area contributed by atoms with Gasteiger partial charge in [-0.25, -0.2) is 9.37 Å². The van der Waals surface area contributed by atoms with E-state index in [9.17, 15) is 27.5 Å².